The van der Waals surface area contributed by atoms with Crippen molar-refractivity contribution in [1.29, 1.82) is 0 Å². The molecular weight excluding hydrogens is 372 g/mol. The number of aromatic nitrogens is 6. The fourth-order valence-electron chi connectivity index (χ4n) is 3.54. The second-order valence-corrected chi connectivity index (χ2v) is 8.54. The number of hydrogen-bond acceptors (Lipinski definition) is 8. The second-order valence-electron chi connectivity index (χ2n) is 6.51. The van der Waals surface area contributed by atoms with Gasteiger partial charge in [0.2, 0.25) is 0 Å². The van der Waals surface area contributed by atoms with E-state index in [1.165, 1.54) is 35.7 Å². The lowest BCUT2D eigenvalue weighted by atomic mass is 9.89. The van der Waals surface area contributed by atoms with Gasteiger partial charge in [-0.2, -0.15) is 9.61 Å². The third kappa shape index (κ3) is 2.25. The van der Waals surface area contributed by atoms with Gasteiger partial charge in [-0.25, -0.2) is 9.38 Å². The molecule has 1 aliphatic rings. The largest absolute Gasteiger partial charge is 0.468 e. The molecule has 0 radical (unpaired) electrons. The van der Waals surface area contributed by atoms with E-state index >= 15 is 0 Å². The summed E-state index contributed by atoms with van der Waals surface area (Å²) in [4.78, 5) is 18.5. The van der Waals surface area contributed by atoms with Crippen LogP contribution >= 0.6 is 23.1 Å². The second kappa shape index (κ2) is 5.92. The SMILES string of the molecule is COC(=O)CSc1nnc2n3ncnc3c3c4c(sc3n12)CCC(C)C4. The standard InChI is InChI=1S/C16H16N6O2S2/c1-8-3-4-10-9(5-8)12-13-17-7-18-22(13)15-19-20-16(21(15)14(12)26-10)25-6-11(23)24-2/h7-8H,3-6H2,1-2H3. The van der Waals surface area contributed by atoms with Crippen LogP contribution in [0.15, 0.2) is 11.5 Å². The lowest BCUT2D eigenvalue weighted by Gasteiger charge is -2.17. The van der Waals surface area contributed by atoms with Gasteiger partial charge in [0.25, 0.3) is 5.78 Å². The summed E-state index contributed by atoms with van der Waals surface area (Å²) in [5.41, 5.74) is 2.21. The smallest absolute Gasteiger partial charge is 0.316 e. The molecule has 0 spiro atoms. The van der Waals surface area contributed by atoms with Gasteiger partial charge in [0.1, 0.15) is 11.2 Å². The van der Waals surface area contributed by atoms with E-state index in [9.17, 15) is 4.79 Å². The average Bonchev–Trinajstić information content (AvgIpc) is 3.34. The lowest BCUT2D eigenvalue weighted by molar-refractivity contribution is -0.137. The van der Waals surface area contributed by atoms with Crippen molar-refractivity contribution in [2.75, 3.05) is 12.9 Å². The highest BCUT2D eigenvalue weighted by Crippen LogP contribution is 2.40. The lowest BCUT2D eigenvalue weighted by Crippen LogP contribution is -2.09. The predicted molar refractivity (Wildman–Crippen MR) is 98.8 cm³/mol. The minimum absolute atomic E-state index is 0.191. The van der Waals surface area contributed by atoms with Crippen LogP contribution in [0.1, 0.15) is 23.8 Å². The van der Waals surface area contributed by atoms with Crippen molar-refractivity contribution >= 4 is 50.7 Å². The van der Waals surface area contributed by atoms with Crippen molar-refractivity contribution < 1.29 is 9.53 Å². The predicted octanol–water partition coefficient (Wildman–Crippen LogP) is 2.38. The number of carbonyl (C=O) groups excluding carboxylic acids is 1. The number of nitrogens with zero attached hydrogens (tertiary/aromatic N) is 6. The van der Waals surface area contributed by atoms with Crippen LogP contribution in [0, 0.1) is 5.92 Å². The summed E-state index contributed by atoms with van der Waals surface area (Å²) in [6, 6.07) is 0. The van der Waals surface area contributed by atoms with Crippen molar-refractivity contribution in [3.63, 3.8) is 0 Å². The first-order valence-corrected chi connectivity index (χ1v) is 10.2. The molecule has 8 nitrogen and oxygen atoms in total. The molecule has 1 aliphatic carbocycles. The van der Waals surface area contributed by atoms with Gasteiger partial charge in [0, 0.05) is 4.88 Å². The van der Waals surface area contributed by atoms with Gasteiger partial charge in [-0.1, -0.05) is 18.7 Å². The van der Waals surface area contributed by atoms with Crippen LogP contribution < -0.4 is 0 Å². The maximum absolute atomic E-state index is 11.5. The monoisotopic (exact) mass is 388 g/mol. The molecule has 134 valence electrons. The molecule has 5 rings (SSSR count). The molecule has 4 aromatic heterocycles. The Labute approximate surface area is 156 Å². The van der Waals surface area contributed by atoms with Gasteiger partial charge in [-0.3, -0.25) is 4.79 Å². The fraction of sp³-hybridized carbons (Fsp3) is 0.438. The highest BCUT2D eigenvalue weighted by atomic mass is 32.2. The molecule has 4 heterocycles. The van der Waals surface area contributed by atoms with E-state index in [4.69, 9.17) is 4.74 Å². The third-order valence-electron chi connectivity index (χ3n) is 4.82. The van der Waals surface area contributed by atoms with Gasteiger partial charge in [-0.15, -0.1) is 21.5 Å². The topological polar surface area (TPSA) is 86.7 Å². The normalized spacial score (nSPS) is 17.2. The first-order valence-electron chi connectivity index (χ1n) is 8.38. The number of thiophene rings is 1. The first-order chi connectivity index (χ1) is 12.7. The van der Waals surface area contributed by atoms with Gasteiger partial charge < -0.3 is 4.74 Å². The fourth-order valence-corrected chi connectivity index (χ4v) is 5.70. The Morgan fingerprint density at radius 1 is 1.46 bits per heavy atom. The van der Waals surface area contributed by atoms with Crippen LogP contribution in [0.2, 0.25) is 0 Å². The minimum atomic E-state index is -0.288. The van der Waals surface area contributed by atoms with E-state index in [1.807, 2.05) is 4.40 Å². The summed E-state index contributed by atoms with van der Waals surface area (Å²) in [6.07, 6.45) is 4.90. The van der Waals surface area contributed by atoms with Crippen LogP contribution in [0.5, 0.6) is 0 Å². The van der Waals surface area contributed by atoms with Crippen molar-refractivity contribution in [3.8, 4) is 0 Å². The van der Waals surface area contributed by atoms with E-state index in [0.29, 0.717) is 16.9 Å². The zero-order valence-electron chi connectivity index (χ0n) is 14.3. The molecule has 0 bridgehead atoms. The number of methoxy groups -OCH3 is 1. The number of rotatable bonds is 3. The molecular formula is C16H16N6O2S2. The number of esters is 1. The zero-order valence-corrected chi connectivity index (χ0v) is 15.9. The van der Waals surface area contributed by atoms with E-state index in [0.717, 1.165) is 28.7 Å². The van der Waals surface area contributed by atoms with Crippen LogP contribution in [0.25, 0.3) is 21.6 Å². The summed E-state index contributed by atoms with van der Waals surface area (Å²) >= 11 is 3.10. The molecule has 26 heavy (non-hydrogen) atoms. The molecule has 0 saturated heterocycles. The Morgan fingerprint density at radius 2 is 2.35 bits per heavy atom. The van der Waals surface area contributed by atoms with Gasteiger partial charge >= 0.3 is 5.97 Å². The summed E-state index contributed by atoms with van der Waals surface area (Å²) in [5, 5.41) is 14.8. The van der Waals surface area contributed by atoms with Gasteiger partial charge in [0.15, 0.2) is 10.8 Å². The summed E-state index contributed by atoms with van der Waals surface area (Å²) < 4.78 is 8.48. The quantitative estimate of drug-likeness (QED) is 0.393. The maximum Gasteiger partial charge on any atom is 0.316 e. The number of fused-ring (bicyclic) bond motifs is 8. The molecule has 0 fully saturated rings. The van der Waals surface area contributed by atoms with Crippen molar-refractivity contribution in [3.05, 3.63) is 16.8 Å². The molecule has 0 amide bonds. The number of carbonyl (C=O) groups is 1. The summed E-state index contributed by atoms with van der Waals surface area (Å²) in [6.45, 7) is 2.29. The Kier molecular flexibility index (Phi) is 3.64. The molecule has 10 heteroatoms. The Bertz CT molecular complexity index is 1160. The number of thioether (sulfide) groups is 1. The van der Waals surface area contributed by atoms with Crippen molar-refractivity contribution in [1.82, 2.24) is 29.2 Å². The van der Waals surface area contributed by atoms with E-state index in [-0.39, 0.29) is 11.7 Å². The summed E-state index contributed by atoms with van der Waals surface area (Å²) in [7, 11) is 1.39. The van der Waals surface area contributed by atoms with Gasteiger partial charge in [0.05, 0.1) is 18.2 Å². The van der Waals surface area contributed by atoms with Crippen molar-refractivity contribution in [2.24, 2.45) is 5.92 Å². The molecule has 1 unspecified atom stereocenters. The highest BCUT2D eigenvalue weighted by Gasteiger charge is 2.26. The summed E-state index contributed by atoms with van der Waals surface area (Å²) in [5.74, 6) is 1.18. The van der Waals surface area contributed by atoms with E-state index in [1.54, 1.807) is 22.2 Å². The van der Waals surface area contributed by atoms with Crippen LogP contribution in [0.3, 0.4) is 0 Å². The third-order valence-corrected chi connectivity index (χ3v) is 7.00. The minimum Gasteiger partial charge on any atom is -0.468 e. The highest BCUT2D eigenvalue weighted by molar-refractivity contribution is 7.99. The van der Waals surface area contributed by atoms with Crippen LogP contribution in [-0.2, 0) is 22.4 Å². The average molecular weight is 388 g/mol. The molecule has 1 atom stereocenters. The molecule has 0 aliphatic heterocycles. The maximum atomic E-state index is 11.5. The zero-order chi connectivity index (χ0) is 17.8. The molecule has 0 aromatic carbocycles. The Hall–Kier alpha value is -2.20. The van der Waals surface area contributed by atoms with Crippen LogP contribution in [0.4, 0.5) is 0 Å². The van der Waals surface area contributed by atoms with E-state index < -0.39 is 0 Å². The Morgan fingerprint density at radius 3 is 3.19 bits per heavy atom. The molecule has 0 saturated carbocycles. The number of ether oxygens (including phenoxy) is 1. The molecule has 0 N–H and O–H groups in total. The number of hydrogen-bond donors (Lipinski definition) is 0. The molecule has 4 aromatic rings. The van der Waals surface area contributed by atoms with Crippen LogP contribution in [-0.4, -0.2) is 48.0 Å². The first kappa shape index (κ1) is 16.0. The van der Waals surface area contributed by atoms with Gasteiger partial charge in [-0.05, 0) is 30.7 Å². The van der Waals surface area contributed by atoms with Crippen molar-refractivity contribution in [2.45, 2.75) is 31.3 Å². The number of aryl methyl sites for hydroxylation is 1. The Balaban J connectivity index is 1.80. The van der Waals surface area contributed by atoms with E-state index in [2.05, 4.69) is 27.2 Å².